The Balaban J connectivity index is 1.38. The lowest BCUT2D eigenvalue weighted by Crippen LogP contribution is -2.55. The van der Waals surface area contributed by atoms with Gasteiger partial charge in [0.2, 0.25) is 5.91 Å². The van der Waals surface area contributed by atoms with Gasteiger partial charge in [0.1, 0.15) is 0 Å². The van der Waals surface area contributed by atoms with Gasteiger partial charge in [-0.1, -0.05) is 66.7 Å². The summed E-state index contributed by atoms with van der Waals surface area (Å²) in [4.78, 5) is 33.1. The van der Waals surface area contributed by atoms with Crippen LogP contribution >= 0.6 is 11.3 Å². The number of amides is 2. The minimum Gasteiger partial charge on any atom is -0.337 e. The lowest BCUT2D eigenvalue weighted by Gasteiger charge is -2.39. The van der Waals surface area contributed by atoms with Crippen molar-refractivity contribution < 1.29 is 9.59 Å². The minimum absolute atomic E-state index is 0.0946. The summed E-state index contributed by atoms with van der Waals surface area (Å²) in [6.45, 7) is 6.00. The summed E-state index contributed by atoms with van der Waals surface area (Å²) >= 11 is 1.48. The Morgan fingerprint density at radius 3 is 2.12 bits per heavy atom. The highest BCUT2D eigenvalue weighted by Crippen LogP contribution is 2.17. The van der Waals surface area contributed by atoms with Crippen molar-refractivity contribution in [3.63, 3.8) is 0 Å². The number of thiophene rings is 1. The van der Waals surface area contributed by atoms with Crippen molar-refractivity contribution >= 4 is 23.2 Å². The van der Waals surface area contributed by atoms with Crippen LogP contribution in [0.4, 0.5) is 0 Å². The van der Waals surface area contributed by atoms with Gasteiger partial charge in [-0.15, -0.1) is 11.3 Å². The minimum atomic E-state index is -0.219. The van der Waals surface area contributed by atoms with Crippen LogP contribution in [0.15, 0.2) is 78.2 Å². The number of carbonyl (C=O) groups is 2. The zero-order valence-corrected chi connectivity index (χ0v) is 19.9. The van der Waals surface area contributed by atoms with Crippen LogP contribution in [0.25, 0.3) is 0 Å². The van der Waals surface area contributed by atoms with Crippen LogP contribution in [0.3, 0.4) is 0 Å². The van der Waals surface area contributed by atoms with Crippen molar-refractivity contribution in [1.29, 1.82) is 0 Å². The second-order valence-corrected chi connectivity index (χ2v) is 9.41. The average Bonchev–Trinajstić information content (AvgIpc) is 3.42. The van der Waals surface area contributed by atoms with Gasteiger partial charge in [-0.05, 0) is 35.9 Å². The fourth-order valence-electron chi connectivity index (χ4n) is 4.27. The Morgan fingerprint density at radius 2 is 1.52 bits per heavy atom. The monoisotopic (exact) mass is 461 g/mol. The Morgan fingerprint density at radius 1 is 0.879 bits per heavy atom. The highest BCUT2D eigenvalue weighted by Gasteiger charge is 2.30. The molecule has 1 atom stereocenters. The molecule has 0 saturated carbocycles. The summed E-state index contributed by atoms with van der Waals surface area (Å²) in [5, 5.41) is 1.93. The maximum absolute atomic E-state index is 13.6. The number of hydrogen-bond donors (Lipinski definition) is 0. The van der Waals surface area contributed by atoms with Crippen LogP contribution < -0.4 is 0 Å². The number of hydrogen-bond acceptors (Lipinski definition) is 4. The maximum Gasteiger partial charge on any atom is 0.264 e. The Bertz CT molecular complexity index is 1020. The molecule has 2 heterocycles. The van der Waals surface area contributed by atoms with Crippen molar-refractivity contribution in [2.24, 2.45) is 0 Å². The van der Waals surface area contributed by atoms with E-state index in [-0.39, 0.29) is 17.9 Å². The smallest absolute Gasteiger partial charge is 0.264 e. The molecule has 0 unspecified atom stereocenters. The lowest BCUT2D eigenvalue weighted by molar-refractivity contribution is -0.137. The first-order valence-corrected chi connectivity index (χ1v) is 12.4. The van der Waals surface area contributed by atoms with Gasteiger partial charge in [0.25, 0.3) is 5.91 Å². The van der Waals surface area contributed by atoms with Crippen LogP contribution in [0.2, 0.25) is 0 Å². The molecule has 0 radical (unpaired) electrons. The van der Waals surface area contributed by atoms with Crippen LogP contribution in [-0.2, 0) is 17.8 Å². The molecule has 33 heavy (non-hydrogen) atoms. The molecule has 172 valence electrons. The van der Waals surface area contributed by atoms with E-state index in [9.17, 15) is 9.59 Å². The standard InChI is InChI=1S/C27H31N3O2S/c1-22(28-16-18-29(19-17-28)27(32)25-13-8-20-33-25)26(31)30(21-24-11-6-3-7-12-24)15-14-23-9-4-2-5-10-23/h2-13,20,22H,14-19,21H2,1H3/t22-/m0/s1. The summed E-state index contributed by atoms with van der Waals surface area (Å²) in [6, 6.07) is 24.1. The average molecular weight is 462 g/mol. The Hall–Kier alpha value is -2.96. The number of rotatable bonds is 8. The molecular formula is C27H31N3O2S. The molecule has 1 aliphatic rings. The first kappa shape index (κ1) is 23.2. The number of nitrogens with zero attached hydrogens (tertiary/aromatic N) is 3. The van der Waals surface area contributed by atoms with Gasteiger partial charge in [0.05, 0.1) is 10.9 Å². The predicted octanol–water partition coefficient (Wildman–Crippen LogP) is 4.17. The third-order valence-electron chi connectivity index (χ3n) is 6.28. The quantitative estimate of drug-likeness (QED) is 0.506. The predicted molar refractivity (Wildman–Crippen MR) is 133 cm³/mol. The number of piperazine rings is 1. The van der Waals surface area contributed by atoms with Crippen molar-refractivity contribution in [2.75, 3.05) is 32.7 Å². The van der Waals surface area contributed by atoms with Crippen molar-refractivity contribution in [3.8, 4) is 0 Å². The van der Waals surface area contributed by atoms with Crippen LogP contribution in [0.5, 0.6) is 0 Å². The highest BCUT2D eigenvalue weighted by molar-refractivity contribution is 7.12. The second kappa shape index (κ2) is 11.3. The molecular weight excluding hydrogens is 430 g/mol. The van der Waals surface area contributed by atoms with Gasteiger partial charge in [0, 0.05) is 39.3 Å². The van der Waals surface area contributed by atoms with Crippen molar-refractivity contribution in [1.82, 2.24) is 14.7 Å². The van der Waals surface area contributed by atoms with Gasteiger partial charge >= 0.3 is 0 Å². The molecule has 1 fully saturated rings. The van der Waals surface area contributed by atoms with E-state index in [0.717, 1.165) is 16.9 Å². The molecule has 5 nitrogen and oxygen atoms in total. The molecule has 0 aliphatic carbocycles. The summed E-state index contributed by atoms with van der Waals surface area (Å²) in [5.74, 6) is 0.241. The van der Waals surface area contributed by atoms with E-state index >= 15 is 0 Å². The molecule has 6 heteroatoms. The summed E-state index contributed by atoms with van der Waals surface area (Å²) in [6.07, 6.45) is 0.829. The normalized spacial score (nSPS) is 15.2. The number of carbonyl (C=O) groups excluding carboxylic acids is 2. The molecule has 2 amide bonds. The third-order valence-corrected chi connectivity index (χ3v) is 7.14. The molecule has 3 aromatic rings. The highest BCUT2D eigenvalue weighted by atomic mass is 32.1. The number of benzene rings is 2. The summed E-state index contributed by atoms with van der Waals surface area (Å²) in [7, 11) is 0. The van der Waals surface area contributed by atoms with Crippen LogP contribution in [0.1, 0.15) is 27.7 Å². The molecule has 2 aromatic carbocycles. The van der Waals surface area contributed by atoms with Crippen LogP contribution in [0, 0.1) is 0 Å². The molecule has 4 rings (SSSR count). The van der Waals surface area contributed by atoms with Crippen molar-refractivity contribution in [3.05, 3.63) is 94.2 Å². The molecule has 0 N–H and O–H groups in total. The molecule has 0 bridgehead atoms. The SMILES string of the molecule is C[C@@H](C(=O)N(CCc1ccccc1)Cc1ccccc1)N1CCN(C(=O)c2cccs2)CC1. The topological polar surface area (TPSA) is 43.9 Å². The maximum atomic E-state index is 13.6. The summed E-state index contributed by atoms with van der Waals surface area (Å²) < 4.78 is 0. The largest absolute Gasteiger partial charge is 0.337 e. The van der Waals surface area contributed by atoms with Gasteiger partial charge in [-0.3, -0.25) is 14.5 Å². The van der Waals surface area contributed by atoms with Gasteiger partial charge in [-0.25, -0.2) is 0 Å². The lowest BCUT2D eigenvalue weighted by atomic mass is 10.1. The molecule has 1 aliphatic heterocycles. The first-order chi connectivity index (χ1) is 16.1. The van der Waals surface area contributed by atoms with Crippen LogP contribution in [-0.4, -0.2) is 65.3 Å². The molecule has 1 saturated heterocycles. The van der Waals surface area contributed by atoms with E-state index in [1.807, 2.05) is 70.6 Å². The van der Waals surface area contributed by atoms with Gasteiger partial charge in [-0.2, -0.15) is 0 Å². The van der Waals surface area contributed by atoms with E-state index in [4.69, 9.17) is 0 Å². The fraction of sp³-hybridized carbons (Fsp3) is 0.333. The molecule has 0 spiro atoms. The van der Waals surface area contributed by atoms with Crippen molar-refractivity contribution in [2.45, 2.75) is 25.9 Å². The van der Waals surface area contributed by atoms with E-state index in [1.165, 1.54) is 16.9 Å². The first-order valence-electron chi connectivity index (χ1n) is 11.6. The second-order valence-electron chi connectivity index (χ2n) is 8.46. The van der Waals surface area contributed by atoms with E-state index < -0.39 is 0 Å². The van der Waals surface area contributed by atoms with Gasteiger partial charge in [0.15, 0.2) is 0 Å². The third kappa shape index (κ3) is 6.09. The Kier molecular flexibility index (Phi) is 7.92. The van der Waals surface area contributed by atoms with E-state index in [1.54, 1.807) is 0 Å². The zero-order valence-electron chi connectivity index (χ0n) is 19.1. The van der Waals surface area contributed by atoms with E-state index in [2.05, 4.69) is 29.2 Å². The fourth-order valence-corrected chi connectivity index (χ4v) is 4.96. The van der Waals surface area contributed by atoms with E-state index in [0.29, 0.717) is 39.3 Å². The molecule has 1 aromatic heterocycles. The summed E-state index contributed by atoms with van der Waals surface area (Å²) in [5.41, 5.74) is 2.37. The zero-order chi connectivity index (χ0) is 23.0. The van der Waals surface area contributed by atoms with Gasteiger partial charge < -0.3 is 9.80 Å². The Labute approximate surface area is 200 Å².